The lowest BCUT2D eigenvalue weighted by Crippen LogP contribution is -2.11. The first kappa shape index (κ1) is 14.9. The molecule has 0 amide bonds. The fourth-order valence-corrected chi connectivity index (χ4v) is 1.45. The molecule has 1 aromatic rings. The number of carbonyl (C=O) groups excluding carboxylic acids is 3. The highest BCUT2D eigenvalue weighted by Crippen LogP contribution is 2.09. The van der Waals surface area contributed by atoms with Gasteiger partial charge in [-0.05, 0) is 26.0 Å². The van der Waals surface area contributed by atoms with Gasteiger partial charge in [-0.3, -0.25) is 9.59 Å². The molecule has 5 nitrogen and oxygen atoms in total. The monoisotopic (exact) mass is 264 g/mol. The van der Waals surface area contributed by atoms with Crippen LogP contribution >= 0.6 is 0 Å². The van der Waals surface area contributed by atoms with Crippen LogP contribution < -0.4 is 0 Å². The summed E-state index contributed by atoms with van der Waals surface area (Å²) in [5.74, 6) is -1.33. The van der Waals surface area contributed by atoms with E-state index in [-0.39, 0.29) is 18.8 Å². The van der Waals surface area contributed by atoms with E-state index < -0.39 is 11.9 Å². The van der Waals surface area contributed by atoms with Crippen molar-refractivity contribution in [2.45, 2.75) is 20.3 Å². The number of Topliss-reactive ketones (excluding diaryl/α,β-unsaturated/α-hetero) is 1. The van der Waals surface area contributed by atoms with E-state index in [9.17, 15) is 14.4 Å². The van der Waals surface area contributed by atoms with E-state index in [0.717, 1.165) is 0 Å². The highest BCUT2D eigenvalue weighted by Gasteiger charge is 2.13. The third-order valence-corrected chi connectivity index (χ3v) is 2.33. The minimum absolute atomic E-state index is 0.244. The maximum atomic E-state index is 11.7. The summed E-state index contributed by atoms with van der Waals surface area (Å²) >= 11 is 0. The Morgan fingerprint density at radius 2 is 1.42 bits per heavy atom. The van der Waals surface area contributed by atoms with Crippen LogP contribution in [0.5, 0.6) is 0 Å². The highest BCUT2D eigenvalue weighted by atomic mass is 16.5. The summed E-state index contributed by atoms with van der Waals surface area (Å²) in [6, 6.07) is 5.98. The molecule has 102 valence electrons. The zero-order valence-corrected chi connectivity index (χ0v) is 11.0. The zero-order chi connectivity index (χ0) is 14.3. The number of hydrogen-bond acceptors (Lipinski definition) is 5. The van der Waals surface area contributed by atoms with E-state index in [2.05, 4.69) is 0 Å². The minimum Gasteiger partial charge on any atom is -0.466 e. The van der Waals surface area contributed by atoms with E-state index in [1.54, 1.807) is 13.8 Å². The van der Waals surface area contributed by atoms with Crippen molar-refractivity contribution < 1.29 is 23.9 Å². The molecule has 0 aromatic heterocycles. The van der Waals surface area contributed by atoms with E-state index in [1.807, 2.05) is 0 Å². The predicted octanol–water partition coefficient (Wildman–Crippen LogP) is 2.00. The molecule has 19 heavy (non-hydrogen) atoms. The summed E-state index contributed by atoms with van der Waals surface area (Å²) < 4.78 is 9.52. The Hall–Kier alpha value is -2.17. The summed E-state index contributed by atoms with van der Waals surface area (Å²) in [7, 11) is 0. The van der Waals surface area contributed by atoms with Crippen LogP contribution in [0.3, 0.4) is 0 Å². The molecule has 0 atom stereocenters. The van der Waals surface area contributed by atoms with Gasteiger partial charge in [0.05, 0.1) is 18.8 Å². The van der Waals surface area contributed by atoms with Crippen molar-refractivity contribution in [3.8, 4) is 0 Å². The van der Waals surface area contributed by atoms with Crippen LogP contribution in [0, 0.1) is 0 Å². The summed E-state index contributed by atoms with van der Waals surface area (Å²) in [4.78, 5) is 34.3. The normalized spacial score (nSPS) is 9.79. The molecule has 0 spiro atoms. The van der Waals surface area contributed by atoms with Gasteiger partial charge >= 0.3 is 11.9 Å². The molecule has 0 aliphatic carbocycles. The van der Waals surface area contributed by atoms with Crippen molar-refractivity contribution >= 4 is 17.7 Å². The topological polar surface area (TPSA) is 69.7 Å². The molecule has 1 rings (SSSR count). The van der Waals surface area contributed by atoms with Crippen molar-refractivity contribution in [1.29, 1.82) is 0 Å². The number of rotatable bonds is 6. The smallest absolute Gasteiger partial charge is 0.338 e. The maximum absolute atomic E-state index is 11.7. The first-order chi connectivity index (χ1) is 9.08. The Kier molecular flexibility index (Phi) is 5.73. The number of carbonyl (C=O) groups is 3. The summed E-state index contributed by atoms with van der Waals surface area (Å²) in [6.45, 7) is 3.93. The molecule has 0 saturated heterocycles. The number of benzene rings is 1. The Morgan fingerprint density at radius 3 is 1.95 bits per heavy atom. The van der Waals surface area contributed by atoms with Crippen LogP contribution in [0.4, 0.5) is 0 Å². The van der Waals surface area contributed by atoms with Gasteiger partial charge in [0.2, 0.25) is 0 Å². The van der Waals surface area contributed by atoms with E-state index in [4.69, 9.17) is 9.47 Å². The van der Waals surface area contributed by atoms with Gasteiger partial charge in [0, 0.05) is 5.56 Å². The van der Waals surface area contributed by atoms with Gasteiger partial charge in [0.1, 0.15) is 6.42 Å². The second kappa shape index (κ2) is 7.31. The van der Waals surface area contributed by atoms with Gasteiger partial charge in [0.25, 0.3) is 0 Å². The van der Waals surface area contributed by atoms with Crippen LogP contribution in [0.2, 0.25) is 0 Å². The van der Waals surface area contributed by atoms with E-state index in [1.165, 1.54) is 24.3 Å². The number of esters is 2. The molecule has 0 bridgehead atoms. The molecule has 0 heterocycles. The van der Waals surface area contributed by atoms with Crippen LogP contribution in [-0.4, -0.2) is 30.9 Å². The molecule has 5 heteroatoms. The lowest BCUT2D eigenvalue weighted by atomic mass is 10.1. The average Bonchev–Trinajstić information content (AvgIpc) is 2.39. The zero-order valence-electron chi connectivity index (χ0n) is 11.0. The van der Waals surface area contributed by atoms with Crippen LogP contribution in [0.15, 0.2) is 24.3 Å². The molecule has 1 aromatic carbocycles. The van der Waals surface area contributed by atoms with Crippen LogP contribution in [-0.2, 0) is 14.3 Å². The molecule has 0 saturated carbocycles. The SMILES string of the molecule is CCOC(=O)CC(=O)c1ccc(C(=O)OCC)cc1. The third-order valence-electron chi connectivity index (χ3n) is 2.33. The van der Waals surface area contributed by atoms with E-state index >= 15 is 0 Å². The standard InChI is InChI=1S/C14H16O5/c1-3-18-13(16)9-12(15)10-5-7-11(8-6-10)14(17)19-4-2/h5-8H,3-4,9H2,1-2H3. The summed E-state index contributed by atoms with van der Waals surface area (Å²) in [6.07, 6.45) is -0.299. The molecule has 0 radical (unpaired) electrons. The van der Waals surface area contributed by atoms with Crippen LogP contribution in [0.25, 0.3) is 0 Å². The van der Waals surface area contributed by atoms with Gasteiger partial charge in [-0.1, -0.05) is 12.1 Å². The molecule has 0 aliphatic heterocycles. The van der Waals surface area contributed by atoms with Crippen molar-refractivity contribution in [3.05, 3.63) is 35.4 Å². The molecule has 0 aliphatic rings. The van der Waals surface area contributed by atoms with Gasteiger partial charge < -0.3 is 9.47 Å². The Balaban J connectivity index is 2.68. The Labute approximate surface area is 111 Å². The van der Waals surface area contributed by atoms with Gasteiger partial charge in [-0.25, -0.2) is 4.79 Å². The van der Waals surface area contributed by atoms with Crippen molar-refractivity contribution in [2.75, 3.05) is 13.2 Å². The number of ketones is 1. The minimum atomic E-state index is -0.554. The largest absolute Gasteiger partial charge is 0.466 e. The Morgan fingerprint density at radius 1 is 0.895 bits per heavy atom. The van der Waals surface area contributed by atoms with Crippen molar-refractivity contribution in [2.24, 2.45) is 0 Å². The maximum Gasteiger partial charge on any atom is 0.338 e. The molecule has 0 N–H and O–H groups in total. The van der Waals surface area contributed by atoms with Gasteiger partial charge in [-0.15, -0.1) is 0 Å². The van der Waals surface area contributed by atoms with Gasteiger partial charge in [0.15, 0.2) is 5.78 Å². The summed E-state index contributed by atoms with van der Waals surface area (Å²) in [5, 5.41) is 0. The predicted molar refractivity (Wildman–Crippen MR) is 68.0 cm³/mol. The van der Waals surface area contributed by atoms with Gasteiger partial charge in [-0.2, -0.15) is 0 Å². The lowest BCUT2D eigenvalue weighted by molar-refractivity contribution is -0.141. The van der Waals surface area contributed by atoms with Crippen molar-refractivity contribution in [3.63, 3.8) is 0 Å². The van der Waals surface area contributed by atoms with E-state index in [0.29, 0.717) is 17.7 Å². The fraction of sp³-hybridized carbons (Fsp3) is 0.357. The number of ether oxygens (including phenoxy) is 2. The third kappa shape index (κ3) is 4.54. The quantitative estimate of drug-likeness (QED) is 0.446. The highest BCUT2D eigenvalue weighted by molar-refractivity contribution is 6.06. The average molecular weight is 264 g/mol. The first-order valence-corrected chi connectivity index (χ1v) is 6.04. The summed E-state index contributed by atoms with van der Waals surface area (Å²) in [5.41, 5.74) is 0.732. The molecular weight excluding hydrogens is 248 g/mol. The first-order valence-electron chi connectivity index (χ1n) is 6.04. The second-order valence-corrected chi connectivity index (χ2v) is 3.70. The molecular formula is C14H16O5. The fourth-order valence-electron chi connectivity index (χ4n) is 1.45. The lowest BCUT2D eigenvalue weighted by Gasteiger charge is -2.04. The molecule has 0 fully saturated rings. The second-order valence-electron chi connectivity index (χ2n) is 3.70. The molecule has 0 unspecified atom stereocenters. The number of hydrogen-bond donors (Lipinski definition) is 0. The Bertz CT molecular complexity index is 461. The van der Waals surface area contributed by atoms with Crippen LogP contribution in [0.1, 0.15) is 41.0 Å². The van der Waals surface area contributed by atoms with Crippen molar-refractivity contribution in [1.82, 2.24) is 0 Å².